The van der Waals surface area contributed by atoms with Gasteiger partial charge in [0, 0.05) is 6.04 Å². The molecule has 116 valence electrons. The van der Waals surface area contributed by atoms with Gasteiger partial charge < -0.3 is 20.8 Å². The van der Waals surface area contributed by atoms with Gasteiger partial charge in [0.1, 0.15) is 5.82 Å². The van der Waals surface area contributed by atoms with Gasteiger partial charge in [0.2, 0.25) is 0 Å². The molecule has 0 spiro atoms. The van der Waals surface area contributed by atoms with E-state index in [4.69, 9.17) is 5.11 Å². The summed E-state index contributed by atoms with van der Waals surface area (Å²) in [5.74, 6) is -1.74. The molecule has 2 atom stereocenters. The van der Waals surface area contributed by atoms with Crippen molar-refractivity contribution in [2.45, 2.75) is 31.9 Å². The highest BCUT2D eigenvalue weighted by Gasteiger charge is 2.30. The Morgan fingerprint density at radius 1 is 1.33 bits per heavy atom. The van der Waals surface area contributed by atoms with Crippen molar-refractivity contribution in [3.8, 4) is 0 Å². The highest BCUT2D eigenvalue weighted by atomic mass is 19.1. The molecule has 0 radical (unpaired) electrons. The maximum absolute atomic E-state index is 12.8. The molecule has 0 heterocycles. The van der Waals surface area contributed by atoms with Crippen LogP contribution < -0.4 is 10.6 Å². The molecule has 0 saturated heterocycles. The molecule has 4 N–H and O–H groups in total. The van der Waals surface area contributed by atoms with Gasteiger partial charge in [-0.2, -0.15) is 0 Å². The number of carbonyl (C=O) groups is 2. The van der Waals surface area contributed by atoms with Crippen molar-refractivity contribution < 1.29 is 24.2 Å². The Morgan fingerprint density at radius 2 is 1.90 bits per heavy atom. The maximum Gasteiger partial charge on any atom is 0.337 e. The smallest absolute Gasteiger partial charge is 0.337 e. The number of halogens is 1. The third-order valence-corrected chi connectivity index (χ3v) is 2.89. The lowest BCUT2D eigenvalue weighted by Gasteiger charge is -2.20. The van der Waals surface area contributed by atoms with E-state index in [0.29, 0.717) is 6.42 Å². The van der Waals surface area contributed by atoms with E-state index in [0.717, 1.165) is 12.5 Å². The SMILES string of the molecule is CC(Cc1ccc(F)cc1)NC(=O)NCC(C)(O)C(=O)O. The Morgan fingerprint density at radius 3 is 2.43 bits per heavy atom. The van der Waals surface area contributed by atoms with Crippen LogP contribution in [-0.4, -0.2) is 40.4 Å². The highest BCUT2D eigenvalue weighted by Crippen LogP contribution is 2.06. The number of hydrogen-bond acceptors (Lipinski definition) is 3. The summed E-state index contributed by atoms with van der Waals surface area (Å²) < 4.78 is 12.8. The second-order valence-corrected chi connectivity index (χ2v) is 5.14. The monoisotopic (exact) mass is 298 g/mol. The Labute approximate surface area is 122 Å². The number of carboxylic acids is 1. The molecular weight excluding hydrogens is 279 g/mol. The number of carboxylic acid groups (broad SMARTS) is 1. The van der Waals surface area contributed by atoms with E-state index in [1.807, 2.05) is 0 Å². The Balaban J connectivity index is 2.40. The molecule has 0 bridgehead atoms. The lowest BCUT2D eigenvalue weighted by molar-refractivity contribution is -0.155. The predicted molar refractivity (Wildman–Crippen MR) is 74.4 cm³/mol. The largest absolute Gasteiger partial charge is 0.479 e. The van der Waals surface area contributed by atoms with Crippen molar-refractivity contribution in [1.82, 2.24) is 10.6 Å². The van der Waals surface area contributed by atoms with Gasteiger partial charge in [0.25, 0.3) is 0 Å². The van der Waals surface area contributed by atoms with Crippen LogP contribution in [0.15, 0.2) is 24.3 Å². The number of amides is 2. The van der Waals surface area contributed by atoms with Crippen molar-refractivity contribution in [1.29, 1.82) is 0 Å². The van der Waals surface area contributed by atoms with Crippen molar-refractivity contribution in [3.05, 3.63) is 35.6 Å². The summed E-state index contributed by atoms with van der Waals surface area (Å²) in [6.07, 6.45) is 0.503. The lowest BCUT2D eigenvalue weighted by Crippen LogP contribution is -2.50. The summed E-state index contributed by atoms with van der Waals surface area (Å²) in [5, 5.41) is 23.1. The van der Waals surface area contributed by atoms with Crippen LogP contribution in [0, 0.1) is 5.82 Å². The molecule has 0 aliphatic rings. The minimum absolute atomic E-state index is 0.231. The minimum Gasteiger partial charge on any atom is -0.479 e. The zero-order valence-corrected chi connectivity index (χ0v) is 11.9. The van der Waals surface area contributed by atoms with Crippen LogP contribution in [0.1, 0.15) is 19.4 Å². The fourth-order valence-corrected chi connectivity index (χ4v) is 1.63. The average molecular weight is 298 g/mol. The van der Waals surface area contributed by atoms with Crippen LogP contribution in [0.5, 0.6) is 0 Å². The zero-order valence-electron chi connectivity index (χ0n) is 11.9. The number of carbonyl (C=O) groups excluding carboxylic acids is 1. The Bertz CT molecular complexity index is 502. The topological polar surface area (TPSA) is 98.7 Å². The third kappa shape index (κ3) is 5.78. The Hall–Kier alpha value is -2.15. The number of aliphatic hydroxyl groups is 1. The minimum atomic E-state index is -2.02. The average Bonchev–Trinajstić information content (AvgIpc) is 2.39. The van der Waals surface area contributed by atoms with Crippen LogP contribution >= 0.6 is 0 Å². The quantitative estimate of drug-likeness (QED) is 0.627. The van der Waals surface area contributed by atoms with Crippen molar-refractivity contribution in [3.63, 3.8) is 0 Å². The number of rotatable bonds is 6. The van der Waals surface area contributed by atoms with E-state index in [1.165, 1.54) is 12.1 Å². The van der Waals surface area contributed by atoms with Gasteiger partial charge in [-0.05, 0) is 38.0 Å². The standard InChI is InChI=1S/C14H19FN2O4/c1-9(7-10-3-5-11(15)6-4-10)17-13(20)16-8-14(2,21)12(18)19/h3-6,9,21H,7-8H2,1-2H3,(H,18,19)(H2,16,17,20). The summed E-state index contributed by atoms with van der Waals surface area (Å²) in [7, 11) is 0. The molecule has 2 unspecified atom stereocenters. The van der Waals surface area contributed by atoms with Crippen LogP contribution in [-0.2, 0) is 11.2 Å². The number of urea groups is 1. The fraction of sp³-hybridized carbons (Fsp3) is 0.429. The van der Waals surface area contributed by atoms with E-state index in [-0.39, 0.29) is 11.9 Å². The Kier molecular flexibility index (Phi) is 5.66. The first kappa shape index (κ1) is 16.9. The number of aliphatic carboxylic acids is 1. The van der Waals surface area contributed by atoms with Crippen LogP contribution in [0.3, 0.4) is 0 Å². The fourth-order valence-electron chi connectivity index (χ4n) is 1.63. The summed E-state index contributed by atoms with van der Waals surface area (Å²) >= 11 is 0. The first-order valence-electron chi connectivity index (χ1n) is 6.45. The molecule has 6 nitrogen and oxygen atoms in total. The molecule has 0 aliphatic carbocycles. The van der Waals surface area contributed by atoms with Crippen LogP contribution in [0.25, 0.3) is 0 Å². The van der Waals surface area contributed by atoms with Crippen LogP contribution in [0.4, 0.5) is 9.18 Å². The molecule has 2 amide bonds. The predicted octanol–water partition coefficient (Wildman–Crippen LogP) is 0.892. The molecule has 0 saturated carbocycles. The normalized spacial score (nSPS) is 14.9. The first-order valence-corrected chi connectivity index (χ1v) is 6.45. The van der Waals surface area contributed by atoms with Crippen molar-refractivity contribution >= 4 is 12.0 Å². The number of hydrogen-bond donors (Lipinski definition) is 4. The van der Waals surface area contributed by atoms with Gasteiger partial charge in [0.05, 0.1) is 6.54 Å². The van der Waals surface area contributed by atoms with Gasteiger partial charge in [-0.1, -0.05) is 12.1 Å². The van der Waals surface area contributed by atoms with Gasteiger partial charge in [-0.25, -0.2) is 14.0 Å². The molecule has 7 heteroatoms. The van der Waals surface area contributed by atoms with Gasteiger partial charge in [0.15, 0.2) is 5.60 Å². The summed E-state index contributed by atoms with van der Waals surface area (Å²) in [5.41, 5.74) is -1.15. The molecular formula is C14H19FN2O4. The second kappa shape index (κ2) is 7.03. The lowest BCUT2D eigenvalue weighted by atomic mass is 10.1. The van der Waals surface area contributed by atoms with E-state index in [2.05, 4.69) is 10.6 Å². The van der Waals surface area contributed by atoms with Gasteiger partial charge in [-0.3, -0.25) is 0 Å². The molecule has 1 aromatic rings. The summed E-state index contributed by atoms with van der Waals surface area (Å²) in [6.45, 7) is 2.45. The maximum atomic E-state index is 12.8. The summed E-state index contributed by atoms with van der Waals surface area (Å²) in [6, 6.07) is 5.12. The third-order valence-electron chi connectivity index (χ3n) is 2.89. The molecule has 1 aromatic carbocycles. The molecule has 0 aromatic heterocycles. The van der Waals surface area contributed by atoms with E-state index in [9.17, 15) is 19.1 Å². The molecule has 0 fully saturated rings. The van der Waals surface area contributed by atoms with Crippen LogP contribution in [0.2, 0.25) is 0 Å². The second-order valence-electron chi connectivity index (χ2n) is 5.14. The van der Waals surface area contributed by atoms with Gasteiger partial charge in [-0.15, -0.1) is 0 Å². The zero-order chi connectivity index (χ0) is 16.0. The number of benzene rings is 1. The molecule has 1 rings (SSSR count). The van der Waals surface area contributed by atoms with Crippen molar-refractivity contribution in [2.24, 2.45) is 0 Å². The highest BCUT2D eigenvalue weighted by molar-refractivity contribution is 5.79. The first-order chi connectivity index (χ1) is 9.70. The van der Waals surface area contributed by atoms with E-state index >= 15 is 0 Å². The van der Waals surface area contributed by atoms with Crippen molar-refractivity contribution in [2.75, 3.05) is 6.54 Å². The molecule has 21 heavy (non-hydrogen) atoms. The van der Waals surface area contributed by atoms with E-state index < -0.39 is 24.1 Å². The molecule has 0 aliphatic heterocycles. The van der Waals surface area contributed by atoms with E-state index in [1.54, 1.807) is 19.1 Å². The number of nitrogens with one attached hydrogen (secondary N) is 2. The summed E-state index contributed by atoms with van der Waals surface area (Å²) in [4.78, 5) is 22.3. The van der Waals surface area contributed by atoms with Gasteiger partial charge >= 0.3 is 12.0 Å².